The van der Waals surface area contributed by atoms with E-state index in [1.165, 1.54) is 4.90 Å². The molecule has 2 aliphatic carbocycles. The first kappa shape index (κ1) is 36.6. The Morgan fingerprint density at radius 3 is 2.61 bits per heavy atom. The van der Waals surface area contributed by atoms with Gasteiger partial charge in [0.2, 0.25) is 27.7 Å². The molecule has 0 spiro atoms. The number of pyridine rings is 1. The summed E-state index contributed by atoms with van der Waals surface area (Å²) in [6.07, 6.45) is 4.06. The minimum absolute atomic E-state index is 0.0363. The first-order chi connectivity index (χ1) is 24.2. The van der Waals surface area contributed by atoms with Crippen molar-refractivity contribution in [3.05, 3.63) is 30.5 Å². The van der Waals surface area contributed by atoms with Gasteiger partial charge in [-0.1, -0.05) is 12.8 Å². The second-order valence-corrected chi connectivity index (χ2v) is 16.8. The van der Waals surface area contributed by atoms with Crippen molar-refractivity contribution < 1.29 is 46.5 Å². The first-order valence-electron chi connectivity index (χ1n) is 17.5. The zero-order valence-corrected chi connectivity index (χ0v) is 30.3. The Labute approximate surface area is 297 Å². The van der Waals surface area contributed by atoms with Gasteiger partial charge in [-0.15, -0.1) is 0 Å². The molecule has 2 aliphatic heterocycles. The third-order valence-electron chi connectivity index (χ3n) is 9.73. The molecule has 16 heteroatoms. The number of fused-ring (bicyclic) bond motifs is 3. The zero-order valence-electron chi connectivity index (χ0n) is 29.4. The average Bonchev–Trinajstić information content (AvgIpc) is 3.99. The van der Waals surface area contributed by atoms with Crippen LogP contribution in [0.5, 0.6) is 11.6 Å². The molecule has 6 rings (SSSR count). The second-order valence-electron chi connectivity index (χ2n) is 14.8. The summed E-state index contributed by atoms with van der Waals surface area (Å²) >= 11 is 0. The summed E-state index contributed by atoms with van der Waals surface area (Å²) in [7, 11) is -2.30. The summed E-state index contributed by atoms with van der Waals surface area (Å²) in [6.45, 7) is 5.22. The molecule has 0 radical (unpaired) electrons. The minimum atomic E-state index is -3.87. The van der Waals surface area contributed by atoms with Gasteiger partial charge in [-0.3, -0.25) is 19.1 Å². The number of methoxy groups -OCH3 is 1. The maximum absolute atomic E-state index is 14.3. The van der Waals surface area contributed by atoms with Crippen LogP contribution in [0.4, 0.5) is 4.79 Å². The fourth-order valence-corrected chi connectivity index (χ4v) is 8.19. The summed E-state index contributed by atoms with van der Waals surface area (Å²) in [5, 5.41) is 6.40. The van der Waals surface area contributed by atoms with Crippen molar-refractivity contribution in [3.8, 4) is 11.6 Å². The van der Waals surface area contributed by atoms with Crippen LogP contribution in [0, 0.1) is 5.92 Å². The number of ether oxygens (including phenoxy) is 4. The van der Waals surface area contributed by atoms with E-state index in [1.807, 2.05) is 18.2 Å². The molecule has 4 fully saturated rings. The molecule has 1 aromatic carbocycles. The van der Waals surface area contributed by atoms with Crippen molar-refractivity contribution >= 4 is 44.6 Å². The van der Waals surface area contributed by atoms with Gasteiger partial charge in [0.05, 0.1) is 25.5 Å². The maximum atomic E-state index is 14.3. The van der Waals surface area contributed by atoms with Crippen LogP contribution in [0.15, 0.2) is 30.5 Å². The standard InChI is InChI=1S/C35H47N5O10S/c1-34(2,3)50-33(44)37-27-20-48-15-7-5-6-8-22-18-35(22,32(43)39-51(45,46)25-10-11-25)38-29(41)28-17-24(19-40(28)31(27)42)49-30-26-12-9-23(47-4)16-21(26)13-14-36-30/h9,12-14,16,22,24-25,27-28H,5-8,10-11,15,17-20H2,1-4H3,(H,37,44)(H,38,41)(H,39,43)/t22-,24-,27+,28+,35-/m1/s1. The van der Waals surface area contributed by atoms with E-state index in [0.717, 1.165) is 18.2 Å². The zero-order chi connectivity index (χ0) is 36.6. The maximum Gasteiger partial charge on any atom is 0.408 e. The highest BCUT2D eigenvalue weighted by molar-refractivity contribution is 7.91. The van der Waals surface area contributed by atoms with Crippen molar-refractivity contribution in [2.45, 2.75) is 107 Å². The van der Waals surface area contributed by atoms with Gasteiger partial charge in [-0.05, 0) is 88.4 Å². The molecule has 5 atom stereocenters. The van der Waals surface area contributed by atoms with Crippen LogP contribution in [0.1, 0.15) is 72.1 Å². The van der Waals surface area contributed by atoms with Crippen LogP contribution in [0.2, 0.25) is 0 Å². The lowest BCUT2D eigenvalue weighted by atomic mass is 10.1. The summed E-state index contributed by atoms with van der Waals surface area (Å²) in [5.41, 5.74) is -2.27. The van der Waals surface area contributed by atoms with Crippen molar-refractivity contribution in [1.82, 2.24) is 25.2 Å². The summed E-state index contributed by atoms with van der Waals surface area (Å²) in [6, 6.07) is 4.92. The highest BCUT2D eigenvalue weighted by Gasteiger charge is 2.62. The molecular weight excluding hydrogens is 682 g/mol. The Morgan fingerprint density at radius 1 is 1.10 bits per heavy atom. The quantitative estimate of drug-likeness (QED) is 0.380. The first-order valence-corrected chi connectivity index (χ1v) is 19.1. The molecule has 51 heavy (non-hydrogen) atoms. The van der Waals surface area contributed by atoms with E-state index in [0.29, 0.717) is 49.3 Å². The Morgan fingerprint density at radius 2 is 1.88 bits per heavy atom. The van der Waals surface area contributed by atoms with Gasteiger partial charge in [0.1, 0.15) is 35.1 Å². The molecule has 2 saturated carbocycles. The van der Waals surface area contributed by atoms with Crippen molar-refractivity contribution in [1.29, 1.82) is 0 Å². The lowest BCUT2D eigenvalue weighted by Gasteiger charge is -2.30. The third kappa shape index (κ3) is 8.49. The molecule has 4 amide bonds. The molecule has 4 aliphatic rings. The van der Waals surface area contributed by atoms with E-state index < -0.39 is 68.4 Å². The number of amides is 4. The monoisotopic (exact) mass is 729 g/mol. The lowest BCUT2D eigenvalue weighted by molar-refractivity contribution is -0.142. The van der Waals surface area contributed by atoms with E-state index >= 15 is 0 Å². The number of hydrogen-bond donors (Lipinski definition) is 3. The molecule has 15 nitrogen and oxygen atoms in total. The smallest absolute Gasteiger partial charge is 0.408 e. The van der Waals surface area contributed by atoms with E-state index in [-0.39, 0.29) is 31.9 Å². The van der Waals surface area contributed by atoms with Gasteiger partial charge in [0, 0.05) is 24.6 Å². The number of carbonyl (C=O) groups is 4. The molecular formula is C35H47N5O10S. The van der Waals surface area contributed by atoms with Gasteiger partial charge < -0.3 is 34.5 Å². The SMILES string of the molecule is COc1ccc2c(O[C@@H]3C[C@H]4C(=O)N[C@]5(C(=O)NS(=O)(=O)C6CC6)C[C@H]5CCCCCOC[C@H](NC(=O)OC(C)(C)C)C(=O)N4C3)nccc2c1. The number of carbonyl (C=O) groups excluding carboxylic acids is 4. The molecule has 1 aromatic heterocycles. The number of alkyl carbamates (subject to hydrolysis) is 1. The normalized spacial score (nSPS) is 27.6. The number of aromatic nitrogens is 1. The highest BCUT2D eigenvalue weighted by atomic mass is 32.2. The molecule has 3 N–H and O–H groups in total. The summed E-state index contributed by atoms with van der Waals surface area (Å²) in [5.74, 6) is -1.31. The Balaban J connectivity index is 1.30. The number of rotatable bonds is 7. The predicted molar refractivity (Wildman–Crippen MR) is 184 cm³/mol. The number of nitrogens with one attached hydrogen (secondary N) is 3. The summed E-state index contributed by atoms with van der Waals surface area (Å²) in [4.78, 5) is 60.9. The largest absolute Gasteiger partial charge is 0.497 e. The molecule has 278 valence electrons. The Kier molecular flexibility index (Phi) is 10.4. The van der Waals surface area contributed by atoms with E-state index in [4.69, 9.17) is 18.9 Å². The van der Waals surface area contributed by atoms with Gasteiger partial charge in [-0.2, -0.15) is 0 Å². The van der Waals surface area contributed by atoms with E-state index in [2.05, 4.69) is 20.3 Å². The van der Waals surface area contributed by atoms with E-state index in [9.17, 15) is 27.6 Å². The number of hydrogen-bond acceptors (Lipinski definition) is 11. The van der Waals surface area contributed by atoms with Crippen LogP contribution in [-0.4, -0.2) is 104 Å². The highest BCUT2D eigenvalue weighted by Crippen LogP contribution is 2.48. The fourth-order valence-electron chi connectivity index (χ4n) is 6.83. The molecule has 2 aromatic rings. The Hall–Kier alpha value is -4.18. The van der Waals surface area contributed by atoms with Crippen molar-refractivity contribution in [2.24, 2.45) is 5.92 Å². The molecule has 3 heterocycles. The molecule has 0 bridgehead atoms. The van der Waals surface area contributed by atoms with Gasteiger partial charge in [-0.25, -0.2) is 18.2 Å². The van der Waals surface area contributed by atoms with Gasteiger partial charge in [0.25, 0.3) is 5.91 Å². The second kappa shape index (κ2) is 14.4. The van der Waals surface area contributed by atoms with E-state index in [1.54, 1.807) is 40.1 Å². The molecule has 0 unspecified atom stereocenters. The van der Waals surface area contributed by atoms with Crippen molar-refractivity contribution in [2.75, 3.05) is 26.9 Å². The minimum Gasteiger partial charge on any atom is -0.497 e. The third-order valence-corrected chi connectivity index (χ3v) is 11.6. The van der Waals surface area contributed by atoms with Crippen LogP contribution >= 0.6 is 0 Å². The van der Waals surface area contributed by atoms with Crippen LogP contribution in [0.25, 0.3) is 10.8 Å². The Bertz CT molecular complexity index is 1780. The predicted octanol–water partition coefficient (Wildman–Crippen LogP) is 2.56. The summed E-state index contributed by atoms with van der Waals surface area (Å²) < 4.78 is 50.8. The lowest BCUT2D eigenvalue weighted by Crippen LogP contribution is -2.59. The van der Waals surface area contributed by atoms with Crippen LogP contribution < -0.4 is 24.8 Å². The van der Waals surface area contributed by atoms with Crippen LogP contribution in [-0.2, 0) is 33.9 Å². The van der Waals surface area contributed by atoms with Crippen molar-refractivity contribution in [3.63, 3.8) is 0 Å². The topological polar surface area (TPSA) is 192 Å². The van der Waals surface area contributed by atoms with Gasteiger partial charge >= 0.3 is 6.09 Å². The number of nitrogens with zero attached hydrogens (tertiary/aromatic N) is 2. The number of benzene rings is 1. The number of sulfonamides is 1. The molecule has 2 saturated heterocycles. The fraction of sp³-hybridized carbons (Fsp3) is 0.629. The van der Waals surface area contributed by atoms with Crippen LogP contribution in [0.3, 0.4) is 0 Å². The average molecular weight is 730 g/mol. The van der Waals surface area contributed by atoms with Gasteiger partial charge in [0.15, 0.2) is 0 Å².